The van der Waals surface area contributed by atoms with Crippen LogP contribution in [0.2, 0.25) is 0 Å². The highest BCUT2D eigenvalue weighted by Gasteiger charge is 2.22. The summed E-state index contributed by atoms with van der Waals surface area (Å²) in [5.74, 6) is 0.553. The van der Waals surface area contributed by atoms with E-state index in [-0.39, 0.29) is 17.2 Å². The van der Waals surface area contributed by atoms with Gasteiger partial charge in [-0.1, -0.05) is 24.3 Å². The minimum absolute atomic E-state index is 0.135. The first-order chi connectivity index (χ1) is 14.4. The molecule has 154 valence electrons. The van der Waals surface area contributed by atoms with Crippen LogP contribution < -0.4 is 9.47 Å². The number of hydrogen-bond donors (Lipinski definition) is 0. The van der Waals surface area contributed by atoms with Crippen molar-refractivity contribution in [2.75, 3.05) is 28.3 Å². The maximum Gasteiger partial charge on any atom is 0.311 e. The van der Waals surface area contributed by atoms with Crippen molar-refractivity contribution in [3.05, 3.63) is 82.0 Å². The summed E-state index contributed by atoms with van der Waals surface area (Å²) in [5.41, 5.74) is 1.05. The zero-order valence-electron chi connectivity index (χ0n) is 17.2. The van der Waals surface area contributed by atoms with Crippen molar-refractivity contribution in [3.8, 4) is 11.5 Å². The fourth-order valence-electron chi connectivity index (χ4n) is 3.32. The standard InChI is InChI=1S/C23H22N2O5/c1-24(2)14-19(15-9-11-22(30-4)20(13-15)25(27)28)23(26)18-10-12-21(29-3)17-8-6-5-7-16(17)18/h5-14H,1-4H3/b19-14+. The van der Waals surface area contributed by atoms with Gasteiger partial charge < -0.3 is 14.4 Å². The molecule has 0 aliphatic rings. The summed E-state index contributed by atoms with van der Waals surface area (Å²) in [7, 11) is 6.53. The van der Waals surface area contributed by atoms with Gasteiger partial charge in [-0.3, -0.25) is 14.9 Å². The van der Waals surface area contributed by atoms with E-state index in [1.54, 1.807) is 50.5 Å². The number of carbonyl (C=O) groups excluding carboxylic acids is 1. The topological polar surface area (TPSA) is 81.9 Å². The van der Waals surface area contributed by atoms with Gasteiger partial charge in [0, 0.05) is 42.9 Å². The summed E-state index contributed by atoms with van der Waals surface area (Å²) in [6.45, 7) is 0. The van der Waals surface area contributed by atoms with Crippen molar-refractivity contribution >= 4 is 27.8 Å². The zero-order chi connectivity index (χ0) is 21.8. The van der Waals surface area contributed by atoms with Gasteiger partial charge in [-0.2, -0.15) is 0 Å². The molecule has 0 aliphatic heterocycles. The smallest absolute Gasteiger partial charge is 0.311 e. The average molecular weight is 406 g/mol. The highest BCUT2D eigenvalue weighted by atomic mass is 16.6. The fourth-order valence-corrected chi connectivity index (χ4v) is 3.32. The first kappa shape index (κ1) is 20.9. The van der Waals surface area contributed by atoms with Crippen LogP contribution in [0, 0.1) is 10.1 Å². The van der Waals surface area contributed by atoms with Crippen molar-refractivity contribution < 1.29 is 19.2 Å². The predicted octanol–water partition coefficient (Wildman–Crippen LogP) is 4.55. The predicted molar refractivity (Wildman–Crippen MR) is 116 cm³/mol. The molecule has 0 atom stereocenters. The van der Waals surface area contributed by atoms with Crippen LogP contribution in [0.1, 0.15) is 15.9 Å². The number of ether oxygens (including phenoxy) is 2. The van der Waals surface area contributed by atoms with Crippen LogP contribution in [-0.4, -0.2) is 43.9 Å². The van der Waals surface area contributed by atoms with Gasteiger partial charge in [-0.05, 0) is 35.2 Å². The second kappa shape index (κ2) is 8.65. The third-order valence-corrected chi connectivity index (χ3v) is 4.67. The second-order valence-corrected chi connectivity index (χ2v) is 6.84. The lowest BCUT2D eigenvalue weighted by Gasteiger charge is -2.15. The molecule has 0 bridgehead atoms. The van der Waals surface area contributed by atoms with E-state index in [2.05, 4.69) is 0 Å². The molecule has 0 heterocycles. The Balaban J connectivity index is 2.20. The van der Waals surface area contributed by atoms with Crippen LogP contribution in [-0.2, 0) is 0 Å². The van der Waals surface area contributed by atoms with Crippen LogP contribution in [0.3, 0.4) is 0 Å². The van der Waals surface area contributed by atoms with Crippen molar-refractivity contribution in [3.63, 3.8) is 0 Å². The van der Waals surface area contributed by atoms with E-state index < -0.39 is 4.92 Å². The molecule has 7 nitrogen and oxygen atoms in total. The Hall–Kier alpha value is -3.87. The Morgan fingerprint density at radius 2 is 1.60 bits per heavy atom. The molecule has 0 spiro atoms. The minimum atomic E-state index is -0.525. The van der Waals surface area contributed by atoms with Crippen molar-refractivity contribution in [2.24, 2.45) is 0 Å². The van der Waals surface area contributed by atoms with Gasteiger partial charge in [0.25, 0.3) is 0 Å². The number of nitro groups is 1. The number of rotatable bonds is 7. The molecule has 0 unspecified atom stereocenters. The number of nitrogens with zero attached hydrogens (tertiary/aromatic N) is 2. The molecule has 0 amide bonds. The molecule has 3 aromatic carbocycles. The van der Waals surface area contributed by atoms with Gasteiger partial charge in [0.2, 0.25) is 0 Å². The molecule has 7 heteroatoms. The van der Waals surface area contributed by atoms with E-state index in [4.69, 9.17) is 9.47 Å². The summed E-state index contributed by atoms with van der Waals surface area (Å²) < 4.78 is 10.5. The Kier molecular flexibility index (Phi) is 6.01. The summed E-state index contributed by atoms with van der Waals surface area (Å²) in [4.78, 5) is 26.3. The van der Waals surface area contributed by atoms with Crippen molar-refractivity contribution in [2.45, 2.75) is 0 Å². The molecule has 0 aromatic heterocycles. The van der Waals surface area contributed by atoms with Crippen LogP contribution in [0.5, 0.6) is 11.5 Å². The third-order valence-electron chi connectivity index (χ3n) is 4.67. The SMILES string of the molecule is COc1ccc(/C(=C\N(C)C)C(=O)c2ccc(OC)c3ccccc23)cc1[N+](=O)[O-]. The molecule has 3 rings (SSSR count). The number of hydrogen-bond acceptors (Lipinski definition) is 6. The largest absolute Gasteiger partial charge is 0.496 e. The summed E-state index contributed by atoms with van der Waals surface area (Å²) >= 11 is 0. The number of carbonyl (C=O) groups is 1. The minimum Gasteiger partial charge on any atom is -0.496 e. The number of benzene rings is 3. The highest BCUT2D eigenvalue weighted by Crippen LogP contribution is 2.34. The molecule has 0 N–H and O–H groups in total. The summed E-state index contributed by atoms with van der Waals surface area (Å²) in [6.07, 6.45) is 1.66. The quantitative estimate of drug-likeness (QED) is 0.248. The lowest BCUT2D eigenvalue weighted by Crippen LogP contribution is -2.10. The molecule has 0 radical (unpaired) electrons. The van der Waals surface area contributed by atoms with Gasteiger partial charge in [-0.15, -0.1) is 0 Å². The molecular weight excluding hydrogens is 384 g/mol. The van der Waals surface area contributed by atoms with E-state index in [0.29, 0.717) is 22.4 Å². The maximum absolute atomic E-state index is 13.6. The van der Waals surface area contributed by atoms with Crippen LogP contribution in [0.25, 0.3) is 16.3 Å². The highest BCUT2D eigenvalue weighted by molar-refractivity contribution is 6.32. The molecule has 0 saturated heterocycles. The number of Topliss-reactive ketones (excluding diaryl/α,β-unsaturated/α-hetero) is 1. The van der Waals surface area contributed by atoms with Crippen molar-refractivity contribution in [1.82, 2.24) is 4.90 Å². The third kappa shape index (κ3) is 3.96. The Labute approximate surface area is 174 Å². The Morgan fingerprint density at radius 3 is 2.20 bits per heavy atom. The van der Waals surface area contributed by atoms with Gasteiger partial charge in [0.15, 0.2) is 11.5 Å². The molecular formula is C23H22N2O5. The number of ketones is 1. The summed E-state index contributed by atoms with van der Waals surface area (Å²) in [6, 6.07) is 15.4. The first-order valence-electron chi connectivity index (χ1n) is 9.18. The van der Waals surface area contributed by atoms with Gasteiger partial charge in [0.05, 0.1) is 19.1 Å². The van der Waals surface area contributed by atoms with Crippen LogP contribution >= 0.6 is 0 Å². The number of methoxy groups -OCH3 is 2. The van der Waals surface area contributed by atoms with Gasteiger partial charge in [0.1, 0.15) is 5.75 Å². The number of allylic oxidation sites excluding steroid dienone is 1. The van der Waals surface area contributed by atoms with Crippen LogP contribution in [0.15, 0.2) is 60.8 Å². The molecule has 0 saturated carbocycles. The van der Waals surface area contributed by atoms with E-state index in [0.717, 1.165) is 10.8 Å². The molecule has 3 aromatic rings. The molecule has 0 fully saturated rings. The van der Waals surface area contributed by atoms with Crippen LogP contribution in [0.4, 0.5) is 5.69 Å². The first-order valence-corrected chi connectivity index (χ1v) is 9.18. The maximum atomic E-state index is 13.6. The van der Waals surface area contributed by atoms with E-state index in [1.165, 1.54) is 19.2 Å². The molecule has 0 aliphatic carbocycles. The Bertz CT molecular complexity index is 1150. The van der Waals surface area contributed by atoms with Crippen molar-refractivity contribution in [1.29, 1.82) is 0 Å². The lowest BCUT2D eigenvalue weighted by atomic mass is 9.93. The van der Waals surface area contributed by atoms with E-state index in [9.17, 15) is 14.9 Å². The summed E-state index contributed by atoms with van der Waals surface area (Å²) in [5, 5.41) is 13.0. The van der Waals surface area contributed by atoms with Gasteiger partial charge >= 0.3 is 5.69 Å². The lowest BCUT2D eigenvalue weighted by molar-refractivity contribution is -0.385. The van der Waals surface area contributed by atoms with Gasteiger partial charge in [-0.25, -0.2) is 0 Å². The van der Waals surface area contributed by atoms with E-state index in [1.807, 2.05) is 24.3 Å². The average Bonchev–Trinajstić information content (AvgIpc) is 2.75. The normalized spacial score (nSPS) is 11.3. The Morgan fingerprint density at radius 1 is 0.967 bits per heavy atom. The monoisotopic (exact) mass is 406 g/mol. The molecule has 30 heavy (non-hydrogen) atoms. The zero-order valence-corrected chi connectivity index (χ0v) is 17.2. The second-order valence-electron chi connectivity index (χ2n) is 6.84. The number of fused-ring (bicyclic) bond motifs is 1. The fraction of sp³-hybridized carbons (Fsp3) is 0.174. The van der Waals surface area contributed by atoms with E-state index >= 15 is 0 Å². The number of nitro benzene ring substituents is 1.